The van der Waals surface area contributed by atoms with E-state index in [1.54, 1.807) is 0 Å². The van der Waals surface area contributed by atoms with Crippen LogP contribution in [0.3, 0.4) is 0 Å². The summed E-state index contributed by atoms with van der Waals surface area (Å²) in [5, 5.41) is 25.5. The number of nitrogens with two attached hydrogens (primary N) is 2. The Bertz CT molecular complexity index is 548. The van der Waals surface area contributed by atoms with Gasteiger partial charge in [0.25, 0.3) is 0 Å². The van der Waals surface area contributed by atoms with Crippen LogP contribution >= 0.6 is 11.8 Å². The minimum absolute atomic E-state index is 0.269. The molecule has 9 N–H and O–H groups in total. The molecule has 0 aromatic carbocycles. The van der Waals surface area contributed by atoms with Crippen LogP contribution in [0.1, 0.15) is 32.6 Å². The molecule has 0 aliphatic carbocycles. The van der Waals surface area contributed by atoms with E-state index < -0.39 is 54.5 Å². The third-order valence-corrected chi connectivity index (χ3v) is 4.70. The minimum atomic E-state index is -1.21. The number of rotatable bonds is 15. The molecule has 29 heavy (non-hydrogen) atoms. The molecule has 12 heteroatoms. The molecule has 168 valence electrons. The first-order valence-corrected chi connectivity index (χ1v) is 10.8. The maximum absolute atomic E-state index is 12.7. The van der Waals surface area contributed by atoms with E-state index in [0.29, 0.717) is 25.1 Å². The first-order valence-electron chi connectivity index (χ1n) is 9.36. The Morgan fingerprint density at radius 3 is 2.10 bits per heavy atom. The fourth-order valence-electron chi connectivity index (χ4n) is 2.31. The van der Waals surface area contributed by atoms with E-state index in [4.69, 9.17) is 16.6 Å². The van der Waals surface area contributed by atoms with Crippen LogP contribution < -0.4 is 27.4 Å². The number of aliphatic carboxylic acids is 1. The van der Waals surface area contributed by atoms with E-state index in [9.17, 15) is 24.3 Å². The number of hydrogen-bond acceptors (Lipinski definition) is 8. The van der Waals surface area contributed by atoms with E-state index >= 15 is 0 Å². The van der Waals surface area contributed by atoms with Crippen molar-refractivity contribution < 1.29 is 29.4 Å². The number of nitrogens with one attached hydrogen (secondary N) is 3. The summed E-state index contributed by atoms with van der Waals surface area (Å²) in [5.41, 5.74) is 11.1. The van der Waals surface area contributed by atoms with Crippen molar-refractivity contribution in [1.29, 1.82) is 0 Å². The summed E-state index contributed by atoms with van der Waals surface area (Å²) in [6.45, 7) is 1.21. The molecule has 0 saturated heterocycles. The van der Waals surface area contributed by atoms with Gasteiger partial charge in [-0.2, -0.15) is 11.8 Å². The van der Waals surface area contributed by atoms with Crippen LogP contribution in [0.5, 0.6) is 0 Å². The van der Waals surface area contributed by atoms with Gasteiger partial charge in [0.2, 0.25) is 17.7 Å². The highest BCUT2D eigenvalue weighted by molar-refractivity contribution is 7.98. The number of aliphatic hydroxyl groups excluding tert-OH is 1. The van der Waals surface area contributed by atoms with Crippen molar-refractivity contribution in [2.24, 2.45) is 11.5 Å². The zero-order chi connectivity index (χ0) is 22.4. The molecular weight excluding hydrogens is 402 g/mol. The van der Waals surface area contributed by atoms with Crippen molar-refractivity contribution in [2.75, 3.05) is 25.1 Å². The van der Waals surface area contributed by atoms with E-state index in [2.05, 4.69) is 16.0 Å². The molecule has 0 heterocycles. The third kappa shape index (κ3) is 11.6. The fraction of sp³-hybridized carbons (Fsp3) is 0.765. The van der Waals surface area contributed by atoms with E-state index in [0.717, 1.165) is 0 Å². The number of thioether (sulfide) groups is 1. The van der Waals surface area contributed by atoms with Crippen LogP contribution in [0, 0.1) is 0 Å². The summed E-state index contributed by atoms with van der Waals surface area (Å²) < 4.78 is 0. The molecule has 0 aliphatic rings. The highest BCUT2D eigenvalue weighted by atomic mass is 32.2. The zero-order valence-electron chi connectivity index (χ0n) is 16.8. The average Bonchev–Trinajstić information content (AvgIpc) is 2.67. The Labute approximate surface area is 174 Å². The van der Waals surface area contributed by atoms with Crippen LogP contribution in [0.25, 0.3) is 0 Å². The molecule has 0 saturated carbocycles. The zero-order valence-corrected chi connectivity index (χ0v) is 17.7. The summed E-state index contributed by atoms with van der Waals surface area (Å²) in [4.78, 5) is 47.8. The Kier molecular flexibility index (Phi) is 14.0. The lowest BCUT2D eigenvalue weighted by atomic mass is 10.1. The lowest BCUT2D eigenvalue weighted by molar-refractivity contribution is -0.138. The largest absolute Gasteiger partial charge is 0.480 e. The molecule has 0 rings (SSSR count). The Morgan fingerprint density at radius 1 is 1.00 bits per heavy atom. The average molecular weight is 436 g/mol. The Hall–Kier alpha value is -1.89. The van der Waals surface area contributed by atoms with Gasteiger partial charge in [-0.25, -0.2) is 0 Å². The molecular formula is C17H33N5O6S. The predicted molar refractivity (Wildman–Crippen MR) is 110 cm³/mol. The van der Waals surface area contributed by atoms with Crippen molar-refractivity contribution in [1.82, 2.24) is 16.0 Å². The standard InChI is InChI=1S/C17H33N5O6S/c1-10(23)14(19)17(28)22-12(6-8-29-2)16(27)21-11(5-3-4-7-18)15(26)20-9-13(24)25/h10-12,14,23H,3-9,18-19H2,1-2H3,(H,20,26)(H,21,27)(H,22,28)(H,24,25). The maximum Gasteiger partial charge on any atom is 0.322 e. The highest BCUT2D eigenvalue weighted by Gasteiger charge is 2.28. The van der Waals surface area contributed by atoms with E-state index in [-0.39, 0.29) is 12.8 Å². The second-order valence-electron chi connectivity index (χ2n) is 6.57. The molecule has 0 radical (unpaired) electrons. The Balaban J connectivity index is 5.17. The van der Waals surface area contributed by atoms with Crippen LogP contribution in [-0.2, 0) is 19.2 Å². The van der Waals surface area contributed by atoms with Crippen molar-refractivity contribution in [3.63, 3.8) is 0 Å². The van der Waals surface area contributed by atoms with Crippen LogP contribution in [0.4, 0.5) is 0 Å². The summed E-state index contributed by atoms with van der Waals surface area (Å²) in [6.07, 6.45) is 2.49. The molecule has 0 bridgehead atoms. The number of carboxylic acid groups (broad SMARTS) is 1. The number of carbonyl (C=O) groups excluding carboxylic acids is 3. The smallest absolute Gasteiger partial charge is 0.322 e. The van der Waals surface area contributed by atoms with Gasteiger partial charge in [0.15, 0.2) is 0 Å². The predicted octanol–water partition coefficient (Wildman–Crippen LogP) is -2.25. The van der Waals surface area contributed by atoms with Crippen molar-refractivity contribution in [3.05, 3.63) is 0 Å². The van der Waals surface area contributed by atoms with E-state index in [1.165, 1.54) is 18.7 Å². The molecule has 0 aliphatic heterocycles. The SMILES string of the molecule is CSCCC(NC(=O)C(N)C(C)O)C(=O)NC(CCCCN)C(=O)NCC(=O)O. The molecule has 0 aromatic rings. The van der Waals surface area contributed by atoms with Gasteiger partial charge < -0.3 is 37.6 Å². The summed E-state index contributed by atoms with van der Waals surface area (Å²) in [5.74, 6) is -2.55. The monoisotopic (exact) mass is 435 g/mol. The summed E-state index contributed by atoms with van der Waals surface area (Å²) in [7, 11) is 0. The number of aliphatic hydroxyl groups is 1. The quantitative estimate of drug-likeness (QED) is 0.139. The lowest BCUT2D eigenvalue weighted by Crippen LogP contribution is -2.57. The minimum Gasteiger partial charge on any atom is -0.480 e. The van der Waals surface area contributed by atoms with Crippen LogP contribution in [0.15, 0.2) is 0 Å². The first kappa shape index (κ1) is 27.1. The normalized spacial score (nSPS) is 14.9. The number of carbonyl (C=O) groups is 4. The van der Waals surface area contributed by atoms with Gasteiger partial charge in [-0.3, -0.25) is 19.2 Å². The first-order chi connectivity index (χ1) is 13.6. The van der Waals surface area contributed by atoms with Gasteiger partial charge in [-0.05, 0) is 51.2 Å². The summed E-state index contributed by atoms with van der Waals surface area (Å²) in [6, 6.07) is -3.12. The number of amides is 3. The third-order valence-electron chi connectivity index (χ3n) is 4.06. The van der Waals surface area contributed by atoms with Crippen LogP contribution in [-0.4, -0.2) is 83.2 Å². The molecule has 0 aromatic heterocycles. The topological polar surface area (TPSA) is 197 Å². The maximum atomic E-state index is 12.7. The fourth-order valence-corrected chi connectivity index (χ4v) is 2.78. The van der Waals surface area contributed by atoms with Gasteiger partial charge in [0, 0.05) is 0 Å². The van der Waals surface area contributed by atoms with E-state index in [1.807, 2.05) is 6.26 Å². The summed E-state index contributed by atoms with van der Waals surface area (Å²) >= 11 is 1.47. The molecule has 0 spiro atoms. The molecule has 4 unspecified atom stereocenters. The highest BCUT2D eigenvalue weighted by Crippen LogP contribution is 2.06. The second kappa shape index (κ2) is 15.0. The van der Waals surface area contributed by atoms with Gasteiger partial charge in [-0.1, -0.05) is 0 Å². The van der Waals surface area contributed by atoms with Gasteiger partial charge in [0.1, 0.15) is 24.7 Å². The van der Waals surface area contributed by atoms with Gasteiger partial charge >= 0.3 is 5.97 Å². The van der Waals surface area contributed by atoms with Gasteiger partial charge in [-0.15, -0.1) is 0 Å². The van der Waals surface area contributed by atoms with Crippen LogP contribution in [0.2, 0.25) is 0 Å². The Morgan fingerprint density at radius 2 is 1.59 bits per heavy atom. The van der Waals surface area contributed by atoms with Crippen molar-refractivity contribution in [2.45, 2.75) is 56.8 Å². The second-order valence-corrected chi connectivity index (χ2v) is 7.55. The van der Waals surface area contributed by atoms with Crippen molar-refractivity contribution >= 4 is 35.5 Å². The number of unbranched alkanes of at least 4 members (excludes halogenated alkanes) is 1. The molecule has 3 amide bonds. The van der Waals surface area contributed by atoms with Crippen molar-refractivity contribution in [3.8, 4) is 0 Å². The van der Waals surface area contributed by atoms with Gasteiger partial charge in [0.05, 0.1) is 6.10 Å². The lowest BCUT2D eigenvalue weighted by Gasteiger charge is -2.24. The molecule has 11 nitrogen and oxygen atoms in total. The number of carboxylic acids is 1. The molecule has 0 fully saturated rings. The molecule has 4 atom stereocenters. The number of hydrogen-bond donors (Lipinski definition) is 7.